The van der Waals surface area contributed by atoms with Gasteiger partial charge in [0.25, 0.3) is 0 Å². The van der Waals surface area contributed by atoms with Gasteiger partial charge < -0.3 is 15.6 Å². The van der Waals surface area contributed by atoms with Gasteiger partial charge in [-0.2, -0.15) is 0 Å². The Labute approximate surface area is 162 Å². The van der Waals surface area contributed by atoms with Gasteiger partial charge in [0.05, 0.1) is 35.7 Å². The number of carbonyl (C=O) groups excluding carboxylic acids is 1. The third-order valence-corrected chi connectivity index (χ3v) is 5.24. The highest BCUT2D eigenvalue weighted by Gasteiger charge is 2.38. The minimum absolute atomic E-state index is 0.331. The summed E-state index contributed by atoms with van der Waals surface area (Å²) in [5.74, 6) is -0.700. The quantitative estimate of drug-likeness (QED) is 0.706. The molecule has 0 bridgehead atoms. The largest absolute Gasteiger partial charge is 0.387 e. The highest BCUT2D eigenvalue weighted by Crippen LogP contribution is 2.35. The van der Waals surface area contributed by atoms with E-state index in [2.05, 4.69) is 15.0 Å². The molecule has 7 heteroatoms. The number of aliphatic hydroxyl groups excluding tert-OH is 1. The van der Waals surface area contributed by atoms with Gasteiger partial charge in [-0.25, -0.2) is 0 Å². The van der Waals surface area contributed by atoms with Gasteiger partial charge >= 0.3 is 0 Å². The number of nitrogens with two attached hydrogens (primary N) is 1. The topological polar surface area (TPSA) is 111 Å². The summed E-state index contributed by atoms with van der Waals surface area (Å²) in [5, 5.41) is 11.8. The van der Waals surface area contributed by atoms with Crippen molar-refractivity contribution in [2.24, 2.45) is 11.7 Å². The second kappa shape index (κ2) is 7.26. The van der Waals surface area contributed by atoms with Crippen LogP contribution in [0.15, 0.2) is 36.8 Å². The molecule has 7 nitrogen and oxygen atoms in total. The molecule has 0 aromatic carbocycles. The molecule has 28 heavy (non-hydrogen) atoms. The van der Waals surface area contributed by atoms with E-state index in [4.69, 9.17) is 10.5 Å². The summed E-state index contributed by atoms with van der Waals surface area (Å²) in [6.45, 7) is 4.24. The summed E-state index contributed by atoms with van der Waals surface area (Å²) in [6, 6.07) is 5.74. The molecule has 1 amide bonds. The molecule has 4 heterocycles. The average molecular weight is 378 g/mol. The first-order valence-electron chi connectivity index (χ1n) is 9.29. The van der Waals surface area contributed by atoms with E-state index in [1.807, 2.05) is 32.0 Å². The van der Waals surface area contributed by atoms with Crippen molar-refractivity contribution in [1.29, 1.82) is 0 Å². The molecule has 1 aliphatic rings. The smallest absolute Gasteiger partial charge is 0.225 e. The SMILES string of the molecule is CCC(O)c1cc(C)c(-c2cc3cnc(C4OCC4C(N)=O)cc3cn2)cn1. The van der Waals surface area contributed by atoms with Crippen LogP contribution in [-0.4, -0.2) is 32.6 Å². The zero-order valence-electron chi connectivity index (χ0n) is 15.8. The summed E-state index contributed by atoms with van der Waals surface area (Å²) in [7, 11) is 0. The first kappa shape index (κ1) is 18.5. The number of pyridine rings is 3. The van der Waals surface area contributed by atoms with E-state index in [1.54, 1.807) is 18.6 Å². The van der Waals surface area contributed by atoms with Crippen molar-refractivity contribution in [3.05, 3.63) is 53.7 Å². The lowest BCUT2D eigenvalue weighted by molar-refractivity contribution is -0.155. The molecule has 1 saturated heterocycles. The van der Waals surface area contributed by atoms with E-state index >= 15 is 0 Å². The van der Waals surface area contributed by atoms with Crippen LogP contribution < -0.4 is 5.73 Å². The Hall–Kier alpha value is -2.90. The molecule has 3 aromatic heterocycles. The van der Waals surface area contributed by atoms with E-state index in [0.29, 0.717) is 24.4 Å². The van der Waals surface area contributed by atoms with Crippen LogP contribution in [-0.2, 0) is 9.53 Å². The second-order valence-corrected chi connectivity index (χ2v) is 7.14. The molecule has 1 fully saturated rings. The predicted octanol–water partition coefficient (Wildman–Crippen LogP) is 2.62. The van der Waals surface area contributed by atoms with Crippen LogP contribution in [0.2, 0.25) is 0 Å². The number of carbonyl (C=O) groups is 1. The van der Waals surface area contributed by atoms with Gasteiger partial charge in [0.15, 0.2) is 0 Å². The Balaban J connectivity index is 1.65. The van der Waals surface area contributed by atoms with Gasteiger partial charge in [-0.15, -0.1) is 0 Å². The molecule has 3 N–H and O–H groups in total. The standard InChI is InChI=1S/C21H22N4O3/c1-3-19(26)17-4-11(2)14(9-25-17)16-5-12-8-24-18(6-13(12)7-23-16)20-15(10-28-20)21(22)27/h4-9,15,19-20,26H,3,10H2,1-2H3,(H2,22,27). The van der Waals surface area contributed by atoms with Crippen molar-refractivity contribution in [1.82, 2.24) is 15.0 Å². The fourth-order valence-corrected chi connectivity index (χ4v) is 3.41. The Bertz CT molecular complexity index is 1050. The van der Waals surface area contributed by atoms with Gasteiger partial charge in [-0.05, 0) is 37.1 Å². The second-order valence-electron chi connectivity index (χ2n) is 7.14. The number of primary amides is 1. The van der Waals surface area contributed by atoms with Crippen molar-refractivity contribution >= 4 is 16.7 Å². The number of aryl methyl sites for hydroxylation is 1. The van der Waals surface area contributed by atoms with Crippen molar-refractivity contribution in [2.75, 3.05) is 6.61 Å². The van der Waals surface area contributed by atoms with Gasteiger partial charge in [0.1, 0.15) is 6.10 Å². The Morgan fingerprint density at radius 1 is 1.21 bits per heavy atom. The summed E-state index contributed by atoms with van der Waals surface area (Å²) in [4.78, 5) is 24.8. The van der Waals surface area contributed by atoms with Gasteiger partial charge in [-0.3, -0.25) is 19.7 Å². The predicted molar refractivity (Wildman–Crippen MR) is 104 cm³/mol. The maximum atomic E-state index is 11.4. The lowest BCUT2D eigenvalue weighted by atomic mass is 9.93. The Morgan fingerprint density at radius 3 is 2.61 bits per heavy atom. The fraction of sp³-hybridized carbons (Fsp3) is 0.333. The van der Waals surface area contributed by atoms with Crippen LogP contribution in [0.1, 0.15) is 42.5 Å². The first-order chi connectivity index (χ1) is 13.5. The Kier molecular flexibility index (Phi) is 4.78. The van der Waals surface area contributed by atoms with Crippen LogP contribution in [0.5, 0.6) is 0 Å². The maximum Gasteiger partial charge on any atom is 0.225 e. The molecule has 1 aliphatic heterocycles. The fourth-order valence-electron chi connectivity index (χ4n) is 3.41. The van der Waals surface area contributed by atoms with E-state index in [0.717, 1.165) is 27.6 Å². The van der Waals surface area contributed by atoms with Gasteiger partial charge in [0.2, 0.25) is 5.91 Å². The normalized spacial score (nSPS) is 20.0. The van der Waals surface area contributed by atoms with Crippen molar-refractivity contribution in [3.63, 3.8) is 0 Å². The number of aromatic nitrogens is 3. The third-order valence-electron chi connectivity index (χ3n) is 5.24. The zero-order valence-corrected chi connectivity index (χ0v) is 15.8. The molecule has 4 rings (SSSR count). The lowest BCUT2D eigenvalue weighted by Crippen LogP contribution is -2.42. The van der Waals surface area contributed by atoms with Crippen LogP contribution in [0.3, 0.4) is 0 Å². The van der Waals surface area contributed by atoms with Crippen molar-refractivity contribution in [3.8, 4) is 11.3 Å². The highest BCUT2D eigenvalue weighted by molar-refractivity contribution is 5.85. The Morgan fingerprint density at radius 2 is 1.96 bits per heavy atom. The number of rotatable bonds is 5. The summed E-state index contributed by atoms with van der Waals surface area (Å²) in [6.07, 6.45) is 4.97. The molecular weight excluding hydrogens is 356 g/mol. The molecule has 3 atom stereocenters. The van der Waals surface area contributed by atoms with Crippen LogP contribution in [0, 0.1) is 12.8 Å². The molecule has 3 aromatic rings. The van der Waals surface area contributed by atoms with Gasteiger partial charge in [0, 0.05) is 34.9 Å². The monoisotopic (exact) mass is 378 g/mol. The molecule has 0 saturated carbocycles. The minimum Gasteiger partial charge on any atom is -0.387 e. The van der Waals surface area contributed by atoms with Crippen molar-refractivity contribution in [2.45, 2.75) is 32.5 Å². The number of nitrogens with zero attached hydrogens (tertiary/aromatic N) is 3. The molecular formula is C21H22N4O3. The van der Waals surface area contributed by atoms with E-state index in [-0.39, 0.29) is 17.9 Å². The van der Waals surface area contributed by atoms with Crippen LogP contribution >= 0.6 is 0 Å². The maximum absolute atomic E-state index is 11.4. The number of amides is 1. The summed E-state index contributed by atoms with van der Waals surface area (Å²) >= 11 is 0. The zero-order chi connectivity index (χ0) is 19.8. The van der Waals surface area contributed by atoms with Crippen molar-refractivity contribution < 1.29 is 14.6 Å². The number of fused-ring (bicyclic) bond motifs is 1. The number of ether oxygens (including phenoxy) is 1. The molecule has 144 valence electrons. The van der Waals surface area contributed by atoms with Crippen LogP contribution in [0.4, 0.5) is 0 Å². The van der Waals surface area contributed by atoms with E-state index in [9.17, 15) is 9.90 Å². The molecule has 0 aliphatic carbocycles. The lowest BCUT2D eigenvalue weighted by Gasteiger charge is -2.34. The molecule has 0 radical (unpaired) electrons. The summed E-state index contributed by atoms with van der Waals surface area (Å²) in [5.41, 5.74) is 9.45. The van der Waals surface area contributed by atoms with E-state index < -0.39 is 6.10 Å². The number of aliphatic hydroxyl groups is 1. The molecule has 3 unspecified atom stereocenters. The number of hydrogen-bond donors (Lipinski definition) is 2. The first-order valence-corrected chi connectivity index (χ1v) is 9.29. The summed E-state index contributed by atoms with van der Waals surface area (Å²) < 4.78 is 5.48. The minimum atomic E-state index is -0.558. The third kappa shape index (κ3) is 3.23. The van der Waals surface area contributed by atoms with Gasteiger partial charge in [-0.1, -0.05) is 6.92 Å². The molecule has 0 spiro atoms. The van der Waals surface area contributed by atoms with Crippen LogP contribution in [0.25, 0.3) is 22.0 Å². The highest BCUT2D eigenvalue weighted by atomic mass is 16.5. The van der Waals surface area contributed by atoms with E-state index in [1.165, 1.54) is 0 Å². The number of hydrogen-bond acceptors (Lipinski definition) is 6. The average Bonchev–Trinajstić information content (AvgIpc) is 2.65.